The number of carbonyl (C=O) groups is 1. The number of anilines is 1. The van der Waals surface area contributed by atoms with Gasteiger partial charge in [0.15, 0.2) is 5.78 Å². The summed E-state index contributed by atoms with van der Waals surface area (Å²) in [6.07, 6.45) is 0. The zero-order valence-electron chi connectivity index (χ0n) is 12.0. The van der Waals surface area contributed by atoms with Gasteiger partial charge in [-0.3, -0.25) is 14.1 Å². The van der Waals surface area contributed by atoms with E-state index in [9.17, 15) is 9.00 Å². The molecule has 0 aromatic heterocycles. The van der Waals surface area contributed by atoms with Crippen molar-refractivity contribution in [2.75, 3.05) is 4.72 Å². The fraction of sp³-hybridized carbons (Fsp3) is 0.133. The Labute approximate surface area is 146 Å². The normalized spacial score (nSPS) is 11.8. The van der Waals surface area contributed by atoms with Crippen LogP contribution in [0.2, 0.25) is 10.0 Å². The Balaban J connectivity index is 2.26. The third-order valence-electron chi connectivity index (χ3n) is 2.99. The Bertz CT molecular complexity index is 767. The highest BCUT2D eigenvalue weighted by Gasteiger charge is 2.10. The van der Waals surface area contributed by atoms with E-state index in [2.05, 4.69) is 4.72 Å². The molecule has 2 N–H and O–H groups in total. The molecule has 8 heteroatoms. The lowest BCUT2D eigenvalue weighted by atomic mass is 10.1. The molecule has 0 fully saturated rings. The van der Waals surface area contributed by atoms with Gasteiger partial charge in [0.05, 0.1) is 10.7 Å². The number of carbonyl (C=O) groups excluding carboxylic acids is 1. The van der Waals surface area contributed by atoms with Crippen LogP contribution in [0.3, 0.4) is 0 Å². The summed E-state index contributed by atoms with van der Waals surface area (Å²) in [5.41, 5.74) is 1.41. The number of benzene rings is 2. The van der Waals surface area contributed by atoms with E-state index >= 15 is 0 Å². The highest BCUT2D eigenvalue weighted by molar-refractivity contribution is 7.80. The molecule has 0 aliphatic rings. The van der Waals surface area contributed by atoms with Crippen LogP contribution in [0.25, 0.3) is 0 Å². The molecule has 0 bridgehead atoms. The zero-order chi connectivity index (χ0) is 17.0. The number of ketones is 1. The van der Waals surface area contributed by atoms with Crippen molar-refractivity contribution in [3.63, 3.8) is 0 Å². The molecule has 1 unspecified atom stereocenters. The summed E-state index contributed by atoms with van der Waals surface area (Å²) >= 11 is 9.62. The first-order valence-corrected chi connectivity index (χ1v) is 8.32. The van der Waals surface area contributed by atoms with E-state index in [1.54, 1.807) is 36.4 Å². The molecule has 0 aliphatic carbocycles. The van der Waals surface area contributed by atoms with Gasteiger partial charge >= 0.3 is 0 Å². The van der Waals surface area contributed by atoms with Gasteiger partial charge in [0.25, 0.3) is 11.3 Å². The fourth-order valence-electron chi connectivity index (χ4n) is 1.87. The Morgan fingerprint density at radius 3 is 2.61 bits per heavy atom. The van der Waals surface area contributed by atoms with Gasteiger partial charge in [-0.2, -0.15) is 0 Å². The van der Waals surface area contributed by atoms with Crippen LogP contribution < -0.4 is 9.46 Å². The number of ether oxygens (including phenoxy) is 1. The van der Waals surface area contributed by atoms with Crippen LogP contribution in [-0.2, 0) is 17.9 Å². The predicted molar refractivity (Wildman–Crippen MR) is 91.6 cm³/mol. The zero-order valence-corrected chi connectivity index (χ0v) is 14.3. The number of halogens is 2. The molecule has 0 saturated carbocycles. The van der Waals surface area contributed by atoms with Gasteiger partial charge in [0, 0.05) is 16.1 Å². The SMILES string of the molecule is CC(=O)c1ccc(NS(=O)O)c(COc2ccc(Cl)cc2Cl)c1. The van der Waals surface area contributed by atoms with Crippen LogP contribution in [0.4, 0.5) is 5.69 Å². The van der Waals surface area contributed by atoms with Crippen molar-refractivity contribution in [2.45, 2.75) is 13.5 Å². The van der Waals surface area contributed by atoms with E-state index in [0.29, 0.717) is 32.6 Å². The lowest BCUT2D eigenvalue weighted by Crippen LogP contribution is -2.08. The quantitative estimate of drug-likeness (QED) is 0.583. The highest BCUT2D eigenvalue weighted by atomic mass is 35.5. The van der Waals surface area contributed by atoms with Crippen molar-refractivity contribution < 1.29 is 18.3 Å². The maximum atomic E-state index is 11.5. The van der Waals surface area contributed by atoms with Gasteiger partial charge in [-0.05, 0) is 43.3 Å². The first-order valence-electron chi connectivity index (χ1n) is 6.46. The minimum atomic E-state index is -2.23. The average molecular weight is 374 g/mol. The van der Waals surface area contributed by atoms with Crippen LogP contribution in [0.1, 0.15) is 22.8 Å². The Morgan fingerprint density at radius 1 is 1.26 bits per heavy atom. The van der Waals surface area contributed by atoms with Crippen molar-refractivity contribution in [3.8, 4) is 5.75 Å². The maximum absolute atomic E-state index is 11.5. The number of hydrogen-bond donors (Lipinski definition) is 2. The largest absolute Gasteiger partial charge is 0.487 e. The minimum Gasteiger partial charge on any atom is -0.487 e. The second-order valence-corrected chi connectivity index (χ2v) is 6.19. The van der Waals surface area contributed by atoms with E-state index < -0.39 is 11.3 Å². The van der Waals surface area contributed by atoms with E-state index in [-0.39, 0.29) is 12.4 Å². The summed E-state index contributed by atoms with van der Waals surface area (Å²) in [6, 6.07) is 9.52. The summed E-state index contributed by atoms with van der Waals surface area (Å²) in [5, 5.41) is 0.833. The number of rotatable bonds is 6. The molecule has 0 heterocycles. The minimum absolute atomic E-state index is 0.0575. The summed E-state index contributed by atoms with van der Waals surface area (Å²) in [7, 11) is 0. The first kappa shape index (κ1) is 17.7. The molecule has 1 atom stereocenters. The van der Waals surface area contributed by atoms with Crippen molar-refractivity contribution in [3.05, 3.63) is 57.6 Å². The second kappa shape index (κ2) is 7.79. The summed E-state index contributed by atoms with van der Waals surface area (Å²) in [4.78, 5) is 11.5. The topological polar surface area (TPSA) is 75.6 Å². The predicted octanol–water partition coefficient (Wildman–Crippen LogP) is 4.32. The summed E-state index contributed by atoms with van der Waals surface area (Å²) in [5.74, 6) is 0.299. The Kier molecular flexibility index (Phi) is 6.01. The Hall–Kier alpha value is -1.60. The van der Waals surface area contributed by atoms with Crippen LogP contribution in [0.5, 0.6) is 5.75 Å². The van der Waals surface area contributed by atoms with Gasteiger partial charge in [0.1, 0.15) is 12.4 Å². The third kappa shape index (κ3) is 4.94. The molecule has 23 heavy (non-hydrogen) atoms. The molecule has 0 saturated heterocycles. The molecule has 2 aromatic rings. The highest BCUT2D eigenvalue weighted by Crippen LogP contribution is 2.29. The van der Waals surface area contributed by atoms with E-state index in [4.69, 9.17) is 32.5 Å². The average Bonchev–Trinajstić information content (AvgIpc) is 2.46. The number of hydrogen-bond acceptors (Lipinski definition) is 3. The Morgan fingerprint density at radius 2 is 2.00 bits per heavy atom. The van der Waals surface area contributed by atoms with Crippen LogP contribution in [-0.4, -0.2) is 14.5 Å². The van der Waals surface area contributed by atoms with Crippen molar-refractivity contribution in [1.29, 1.82) is 0 Å². The van der Waals surface area contributed by atoms with E-state index in [1.807, 2.05) is 0 Å². The smallest absolute Gasteiger partial charge is 0.259 e. The third-order valence-corrected chi connectivity index (χ3v) is 3.91. The molecule has 0 amide bonds. The number of nitrogens with one attached hydrogen (secondary N) is 1. The molecule has 122 valence electrons. The van der Waals surface area contributed by atoms with Crippen LogP contribution >= 0.6 is 23.2 Å². The monoisotopic (exact) mass is 373 g/mol. The van der Waals surface area contributed by atoms with Gasteiger partial charge in [-0.25, -0.2) is 4.21 Å². The molecule has 5 nitrogen and oxygen atoms in total. The van der Waals surface area contributed by atoms with Crippen LogP contribution in [0.15, 0.2) is 36.4 Å². The van der Waals surface area contributed by atoms with Gasteiger partial charge < -0.3 is 4.74 Å². The number of Topliss-reactive ketones (excluding diaryl/α,β-unsaturated/α-hetero) is 1. The molecule has 0 aliphatic heterocycles. The fourth-order valence-corrected chi connectivity index (χ4v) is 2.72. The maximum Gasteiger partial charge on any atom is 0.259 e. The molecule has 0 spiro atoms. The van der Waals surface area contributed by atoms with Gasteiger partial charge in [-0.15, -0.1) is 0 Å². The lowest BCUT2D eigenvalue weighted by Gasteiger charge is -2.13. The molecule has 2 aromatic carbocycles. The molecular formula is C15H13Cl2NO4S. The van der Waals surface area contributed by atoms with Gasteiger partial charge in [-0.1, -0.05) is 23.2 Å². The van der Waals surface area contributed by atoms with E-state index in [1.165, 1.54) is 6.92 Å². The summed E-state index contributed by atoms with van der Waals surface area (Å²) in [6.45, 7) is 1.50. The van der Waals surface area contributed by atoms with E-state index in [0.717, 1.165) is 0 Å². The van der Waals surface area contributed by atoms with Crippen molar-refractivity contribution in [2.24, 2.45) is 0 Å². The van der Waals surface area contributed by atoms with Crippen LogP contribution in [0, 0.1) is 0 Å². The molecular weight excluding hydrogens is 361 g/mol. The van der Waals surface area contributed by atoms with Crippen molar-refractivity contribution >= 4 is 45.9 Å². The first-order chi connectivity index (χ1) is 10.9. The molecule has 2 rings (SSSR count). The summed E-state index contributed by atoms with van der Waals surface area (Å²) < 4.78 is 27.9. The molecule has 0 radical (unpaired) electrons. The lowest BCUT2D eigenvalue weighted by molar-refractivity contribution is 0.101. The standard InChI is InChI=1S/C15H13Cl2NO4S/c1-9(19)10-2-4-14(18-23(20)21)11(6-10)8-22-15-5-3-12(16)7-13(15)17/h2-7,18H,8H2,1H3,(H,20,21). The van der Waals surface area contributed by atoms with Gasteiger partial charge in [0.2, 0.25) is 0 Å². The second-order valence-electron chi connectivity index (χ2n) is 4.64. The van der Waals surface area contributed by atoms with Crippen molar-refractivity contribution in [1.82, 2.24) is 0 Å².